The highest BCUT2D eigenvalue weighted by Crippen LogP contribution is 2.34. The van der Waals surface area contributed by atoms with Crippen molar-refractivity contribution in [3.8, 4) is 0 Å². The summed E-state index contributed by atoms with van der Waals surface area (Å²) in [6.45, 7) is 4.52. The number of carbonyl (C=O) groups is 4. The van der Waals surface area contributed by atoms with Crippen molar-refractivity contribution in [1.29, 1.82) is 0 Å². The first-order valence-corrected chi connectivity index (χ1v) is 10.4. The molecule has 0 fully saturated rings. The molecule has 11 heteroatoms. The molecule has 0 radical (unpaired) electrons. The summed E-state index contributed by atoms with van der Waals surface area (Å²) in [7, 11) is 0. The summed E-state index contributed by atoms with van der Waals surface area (Å²) in [6, 6.07) is 4.54. The van der Waals surface area contributed by atoms with Crippen LogP contribution in [0, 0.1) is 6.92 Å². The van der Waals surface area contributed by atoms with Gasteiger partial charge in [-0.1, -0.05) is 0 Å². The molecule has 0 saturated heterocycles. The molecule has 0 aliphatic rings. The Morgan fingerprint density at radius 2 is 1.75 bits per heavy atom. The van der Waals surface area contributed by atoms with Gasteiger partial charge in [0, 0.05) is 0 Å². The predicted molar refractivity (Wildman–Crippen MR) is 114 cm³/mol. The lowest BCUT2D eigenvalue weighted by Crippen LogP contribution is -2.21. The molecule has 2 aromatic heterocycles. The van der Waals surface area contributed by atoms with Crippen molar-refractivity contribution < 1.29 is 37.8 Å². The van der Waals surface area contributed by atoms with Gasteiger partial charge in [-0.25, -0.2) is 19.4 Å². The molecule has 0 aliphatic heterocycles. The summed E-state index contributed by atoms with van der Waals surface area (Å²) in [5, 5.41) is 2.61. The zero-order valence-electron chi connectivity index (χ0n) is 17.6. The van der Waals surface area contributed by atoms with Crippen molar-refractivity contribution in [3.05, 3.63) is 46.2 Å². The van der Waals surface area contributed by atoms with E-state index < -0.39 is 30.4 Å². The maximum atomic E-state index is 12.4. The standard InChI is InChI=1S/C21H20N2O8S/c1-4-28-20(26)16-11(3)17(21(27)29-5-2)32-18(16)23-15(24)9-30-19(25)12-6-7-13-14(8-12)31-10-22-13/h6-8,10H,4-5,9H2,1-3H3,(H,23,24). The molecule has 0 aliphatic carbocycles. The van der Waals surface area contributed by atoms with Crippen molar-refractivity contribution in [2.24, 2.45) is 0 Å². The van der Waals surface area contributed by atoms with E-state index in [1.54, 1.807) is 26.8 Å². The predicted octanol–water partition coefficient (Wildman–Crippen LogP) is 3.35. The van der Waals surface area contributed by atoms with Crippen LogP contribution >= 0.6 is 11.3 Å². The Bertz CT molecular complexity index is 1180. The zero-order valence-corrected chi connectivity index (χ0v) is 18.4. The zero-order chi connectivity index (χ0) is 23.3. The Hall–Kier alpha value is -3.73. The average Bonchev–Trinajstić information content (AvgIpc) is 3.36. The van der Waals surface area contributed by atoms with E-state index in [1.165, 1.54) is 18.5 Å². The second-order valence-corrected chi connectivity index (χ2v) is 7.38. The lowest BCUT2D eigenvalue weighted by Gasteiger charge is -2.08. The molecule has 0 spiro atoms. The molecule has 1 aromatic carbocycles. The third kappa shape index (κ3) is 4.94. The number of ether oxygens (including phenoxy) is 3. The maximum absolute atomic E-state index is 12.4. The number of carbonyl (C=O) groups excluding carboxylic acids is 4. The summed E-state index contributed by atoms with van der Waals surface area (Å²) >= 11 is 0.883. The molecule has 168 valence electrons. The van der Waals surface area contributed by atoms with Crippen molar-refractivity contribution in [2.45, 2.75) is 20.8 Å². The molecule has 0 saturated carbocycles. The molecule has 1 N–H and O–H groups in total. The largest absolute Gasteiger partial charge is 0.462 e. The monoisotopic (exact) mass is 460 g/mol. The molecule has 2 heterocycles. The minimum absolute atomic E-state index is 0.0513. The fourth-order valence-electron chi connectivity index (χ4n) is 2.80. The highest BCUT2D eigenvalue weighted by molar-refractivity contribution is 7.18. The number of hydrogen-bond donors (Lipinski definition) is 1. The first-order valence-electron chi connectivity index (χ1n) is 9.63. The van der Waals surface area contributed by atoms with E-state index in [1.807, 2.05) is 0 Å². The van der Waals surface area contributed by atoms with Crippen LogP contribution in [0.3, 0.4) is 0 Å². The van der Waals surface area contributed by atoms with E-state index >= 15 is 0 Å². The minimum Gasteiger partial charge on any atom is -0.462 e. The molecule has 3 rings (SSSR count). The maximum Gasteiger partial charge on any atom is 0.348 e. The van der Waals surface area contributed by atoms with Gasteiger partial charge in [-0.05, 0) is 44.5 Å². The lowest BCUT2D eigenvalue weighted by atomic mass is 10.1. The Morgan fingerprint density at radius 1 is 1.03 bits per heavy atom. The number of amides is 1. The summed E-state index contributed by atoms with van der Waals surface area (Å²) in [6.07, 6.45) is 1.25. The van der Waals surface area contributed by atoms with Crippen LogP contribution in [-0.4, -0.2) is 48.6 Å². The van der Waals surface area contributed by atoms with Gasteiger partial charge in [0.15, 0.2) is 18.6 Å². The molecule has 32 heavy (non-hydrogen) atoms. The van der Waals surface area contributed by atoms with Gasteiger partial charge in [-0.3, -0.25) is 4.79 Å². The van der Waals surface area contributed by atoms with Crippen LogP contribution in [0.25, 0.3) is 11.1 Å². The number of aromatic nitrogens is 1. The Labute approximate surface area is 186 Å². The van der Waals surface area contributed by atoms with Gasteiger partial charge in [0.2, 0.25) is 0 Å². The highest BCUT2D eigenvalue weighted by Gasteiger charge is 2.27. The van der Waals surface area contributed by atoms with E-state index in [0.717, 1.165) is 11.3 Å². The molecule has 0 unspecified atom stereocenters. The van der Waals surface area contributed by atoms with Crippen LogP contribution in [0.4, 0.5) is 5.00 Å². The molecule has 1 amide bonds. The third-order valence-electron chi connectivity index (χ3n) is 4.24. The van der Waals surface area contributed by atoms with Crippen LogP contribution in [0.1, 0.15) is 49.8 Å². The lowest BCUT2D eigenvalue weighted by molar-refractivity contribution is -0.119. The third-order valence-corrected chi connectivity index (χ3v) is 5.43. The van der Waals surface area contributed by atoms with Crippen LogP contribution in [0.2, 0.25) is 0 Å². The van der Waals surface area contributed by atoms with Gasteiger partial charge in [-0.15, -0.1) is 11.3 Å². The first kappa shape index (κ1) is 22.9. The number of nitrogens with zero attached hydrogens (tertiary/aromatic N) is 1. The molecule has 10 nitrogen and oxygen atoms in total. The van der Waals surface area contributed by atoms with Gasteiger partial charge in [0.05, 0.1) is 24.3 Å². The van der Waals surface area contributed by atoms with E-state index in [0.29, 0.717) is 16.7 Å². The topological polar surface area (TPSA) is 134 Å². The second-order valence-electron chi connectivity index (χ2n) is 6.36. The molecular formula is C21H20N2O8S. The van der Waals surface area contributed by atoms with Crippen LogP contribution < -0.4 is 5.32 Å². The first-order chi connectivity index (χ1) is 15.3. The van der Waals surface area contributed by atoms with E-state index in [4.69, 9.17) is 18.6 Å². The van der Waals surface area contributed by atoms with E-state index in [-0.39, 0.29) is 34.2 Å². The number of oxazole rings is 1. The summed E-state index contributed by atoms with van der Waals surface area (Å²) < 4.78 is 20.2. The van der Waals surface area contributed by atoms with Gasteiger partial charge in [-0.2, -0.15) is 0 Å². The average molecular weight is 460 g/mol. The molecule has 0 atom stereocenters. The number of fused-ring (bicyclic) bond motifs is 1. The molecule has 3 aromatic rings. The van der Waals surface area contributed by atoms with Gasteiger partial charge < -0.3 is 23.9 Å². The SMILES string of the molecule is CCOC(=O)c1sc(NC(=O)COC(=O)c2ccc3ncoc3c2)c(C(=O)OCC)c1C. The Kier molecular flexibility index (Phi) is 7.21. The Balaban J connectivity index is 1.72. The smallest absolute Gasteiger partial charge is 0.348 e. The van der Waals surface area contributed by atoms with E-state index in [2.05, 4.69) is 10.3 Å². The van der Waals surface area contributed by atoms with Crippen LogP contribution in [0.15, 0.2) is 29.0 Å². The normalized spacial score (nSPS) is 10.6. The van der Waals surface area contributed by atoms with Gasteiger partial charge in [0.1, 0.15) is 15.4 Å². The van der Waals surface area contributed by atoms with Gasteiger partial charge in [0.25, 0.3) is 5.91 Å². The van der Waals surface area contributed by atoms with Crippen molar-refractivity contribution in [2.75, 3.05) is 25.1 Å². The molecule has 0 bridgehead atoms. The van der Waals surface area contributed by atoms with Crippen molar-refractivity contribution in [3.63, 3.8) is 0 Å². The number of esters is 3. The van der Waals surface area contributed by atoms with Crippen molar-refractivity contribution >= 4 is 51.3 Å². The fourth-order valence-corrected chi connectivity index (χ4v) is 3.91. The van der Waals surface area contributed by atoms with Crippen molar-refractivity contribution in [1.82, 2.24) is 4.98 Å². The highest BCUT2D eigenvalue weighted by atomic mass is 32.1. The fraction of sp³-hybridized carbons (Fsp3) is 0.286. The number of rotatable bonds is 8. The second kappa shape index (κ2) is 10.1. The Morgan fingerprint density at radius 3 is 2.47 bits per heavy atom. The number of nitrogens with one attached hydrogen (secondary N) is 1. The van der Waals surface area contributed by atoms with Crippen LogP contribution in [-0.2, 0) is 19.0 Å². The quantitative estimate of drug-likeness (QED) is 0.397. The summed E-state index contributed by atoms with van der Waals surface area (Å²) in [5.74, 6) is -2.74. The van der Waals surface area contributed by atoms with Crippen LogP contribution in [0.5, 0.6) is 0 Å². The summed E-state index contributed by atoms with van der Waals surface area (Å²) in [5.41, 5.74) is 1.56. The van der Waals surface area contributed by atoms with Gasteiger partial charge >= 0.3 is 17.9 Å². The number of thiophene rings is 1. The molecular weight excluding hydrogens is 440 g/mol. The number of anilines is 1. The summed E-state index contributed by atoms with van der Waals surface area (Å²) in [4.78, 5) is 53.3. The minimum atomic E-state index is -0.737. The number of benzene rings is 1. The number of hydrogen-bond acceptors (Lipinski definition) is 10. The van der Waals surface area contributed by atoms with E-state index in [9.17, 15) is 19.2 Å².